The summed E-state index contributed by atoms with van der Waals surface area (Å²) in [6, 6.07) is 7.30. The molecule has 0 saturated carbocycles. The molecular formula is C17H22N2O4S. The topological polar surface area (TPSA) is 60.8 Å². The van der Waals surface area contributed by atoms with E-state index in [0.717, 1.165) is 28.5 Å². The molecule has 1 aromatic carbocycles. The Balaban J connectivity index is 1.74. The van der Waals surface area contributed by atoms with E-state index in [1.807, 2.05) is 31.2 Å². The molecule has 1 heterocycles. The van der Waals surface area contributed by atoms with Crippen molar-refractivity contribution in [3.63, 3.8) is 0 Å². The Labute approximate surface area is 145 Å². The minimum atomic E-state index is -0.0224. The minimum absolute atomic E-state index is 0.00849. The Morgan fingerprint density at radius 2 is 1.92 bits per heavy atom. The lowest BCUT2D eigenvalue weighted by Crippen LogP contribution is -2.32. The largest absolute Gasteiger partial charge is 0.497 e. The zero-order valence-corrected chi connectivity index (χ0v) is 15.0. The summed E-state index contributed by atoms with van der Waals surface area (Å²) < 4.78 is 12.3. The van der Waals surface area contributed by atoms with Gasteiger partial charge in [0.05, 0.1) is 13.7 Å². The lowest BCUT2D eigenvalue weighted by molar-refractivity contribution is -0.130. The van der Waals surface area contributed by atoms with Gasteiger partial charge < -0.3 is 18.9 Å². The van der Waals surface area contributed by atoms with E-state index >= 15 is 0 Å². The van der Waals surface area contributed by atoms with Crippen molar-refractivity contribution in [2.24, 2.45) is 0 Å². The van der Waals surface area contributed by atoms with E-state index in [-0.39, 0.29) is 10.8 Å². The van der Waals surface area contributed by atoms with Gasteiger partial charge in [-0.1, -0.05) is 11.3 Å². The summed E-state index contributed by atoms with van der Waals surface area (Å²) in [5, 5.41) is 1.80. The number of ether oxygens (including phenoxy) is 2. The number of nitrogens with zero attached hydrogens (tertiary/aromatic N) is 2. The van der Waals surface area contributed by atoms with Gasteiger partial charge in [0.2, 0.25) is 5.91 Å². The molecule has 24 heavy (non-hydrogen) atoms. The van der Waals surface area contributed by atoms with Crippen molar-refractivity contribution in [2.45, 2.75) is 19.9 Å². The number of carbonyl (C=O) groups is 1. The summed E-state index contributed by atoms with van der Waals surface area (Å²) in [5.74, 6) is 1.50. The lowest BCUT2D eigenvalue weighted by atomic mass is 10.3. The molecule has 0 radical (unpaired) electrons. The second-order valence-corrected chi connectivity index (χ2v) is 6.20. The van der Waals surface area contributed by atoms with Crippen molar-refractivity contribution in [3.05, 3.63) is 45.0 Å². The van der Waals surface area contributed by atoms with Crippen molar-refractivity contribution < 1.29 is 14.3 Å². The summed E-state index contributed by atoms with van der Waals surface area (Å²) in [7, 11) is 3.35. The van der Waals surface area contributed by atoms with Crippen LogP contribution in [0.1, 0.15) is 12.1 Å². The molecule has 0 saturated heterocycles. The molecule has 0 bridgehead atoms. The zero-order valence-electron chi connectivity index (χ0n) is 14.2. The van der Waals surface area contributed by atoms with Crippen molar-refractivity contribution in [2.75, 3.05) is 27.3 Å². The van der Waals surface area contributed by atoms with Gasteiger partial charge in [-0.3, -0.25) is 9.59 Å². The van der Waals surface area contributed by atoms with Gasteiger partial charge in [-0.25, -0.2) is 0 Å². The van der Waals surface area contributed by atoms with E-state index < -0.39 is 0 Å². The third kappa shape index (κ3) is 4.86. The summed E-state index contributed by atoms with van der Waals surface area (Å²) in [6.07, 6.45) is 0.302. The van der Waals surface area contributed by atoms with Crippen molar-refractivity contribution in [1.29, 1.82) is 0 Å². The average Bonchev–Trinajstić information content (AvgIpc) is 2.91. The monoisotopic (exact) mass is 350 g/mol. The number of carbonyl (C=O) groups excluding carboxylic acids is 1. The van der Waals surface area contributed by atoms with Gasteiger partial charge >= 0.3 is 4.87 Å². The molecule has 2 rings (SSSR count). The fourth-order valence-electron chi connectivity index (χ4n) is 2.17. The summed E-state index contributed by atoms with van der Waals surface area (Å²) in [4.78, 5) is 25.4. The van der Waals surface area contributed by atoms with Crippen LogP contribution in [-0.4, -0.2) is 42.7 Å². The standard InChI is InChI=1S/C17H22N2O4S/c1-13-12-24-17(21)19(13)9-8-16(20)18(2)10-11-23-15-6-4-14(22-3)5-7-15/h4-7,12H,8-11H2,1-3H3. The maximum absolute atomic E-state index is 12.1. The maximum Gasteiger partial charge on any atom is 0.307 e. The molecule has 1 amide bonds. The highest BCUT2D eigenvalue weighted by Crippen LogP contribution is 2.16. The Hall–Kier alpha value is -2.28. The summed E-state index contributed by atoms with van der Waals surface area (Å²) >= 11 is 1.16. The van der Waals surface area contributed by atoms with Gasteiger partial charge in [0.1, 0.15) is 18.1 Å². The van der Waals surface area contributed by atoms with Crippen LogP contribution in [0.2, 0.25) is 0 Å². The molecule has 2 aromatic rings. The van der Waals surface area contributed by atoms with Crippen molar-refractivity contribution in [1.82, 2.24) is 9.47 Å². The highest BCUT2D eigenvalue weighted by atomic mass is 32.1. The first-order valence-electron chi connectivity index (χ1n) is 7.67. The van der Waals surface area contributed by atoms with Crippen LogP contribution in [0.4, 0.5) is 0 Å². The van der Waals surface area contributed by atoms with Gasteiger partial charge in [-0.05, 0) is 31.2 Å². The number of benzene rings is 1. The van der Waals surface area contributed by atoms with Crippen LogP contribution in [0, 0.1) is 6.92 Å². The Morgan fingerprint density at radius 3 is 2.50 bits per heavy atom. The van der Waals surface area contributed by atoms with Gasteiger partial charge in [-0.15, -0.1) is 0 Å². The quantitative estimate of drug-likeness (QED) is 0.732. The number of hydrogen-bond donors (Lipinski definition) is 0. The van der Waals surface area contributed by atoms with Crippen LogP contribution < -0.4 is 14.3 Å². The number of rotatable bonds is 8. The molecule has 0 aliphatic rings. The lowest BCUT2D eigenvalue weighted by Gasteiger charge is -2.18. The number of amides is 1. The first-order valence-corrected chi connectivity index (χ1v) is 8.55. The second-order valence-electron chi connectivity index (χ2n) is 5.38. The Morgan fingerprint density at radius 1 is 1.25 bits per heavy atom. The minimum Gasteiger partial charge on any atom is -0.497 e. The molecule has 0 fully saturated rings. The number of aromatic nitrogens is 1. The van der Waals surface area contributed by atoms with Crippen molar-refractivity contribution in [3.8, 4) is 11.5 Å². The van der Waals surface area contributed by atoms with Gasteiger partial charge in [0, 0.05) is 31.1 Å². The number of methoxy groups -OCH3 is 1. The Bertz CT molecular complexity index is 721. The van der Waals surface area contributed by atoms with Crippen LogP contribution in [0.15, 0.2) is 34.4 Å². The molecule has 1 aromatic heterocycles. The zero-order chi connectivity index (χ0) is 17.5. The molecule has 0 unspecified atom stereocenters. The van der Waals surface area contributed by atoms with Crippen LogP contribution in [0.25, 0.3) is 0 Å². The van der Waals surface area contributed by atoms with Crippen molar-refractivity contribution >= 4 is 17.2 Å². The number of likely N-dealkylation sites (N-methyl/N-ethyl adjacent to an activating group) is 1. The molecule has 6 nitrogen and oxygen atoms in total. The number of aryl methyl sites for hydroxylation is 1. The number of hydrogen-bond acceptors (Lipinski definition) is 5. The normalized spacial score (nSPS) is 10.5. The molecule has 0 spiro atoms. The second kappa shape index (κ2) is 8.54. The highest BCUT2D eigenvalue weighted by Gasteiger charge is 2.11. The van der Waals surface area contributed by atoms with E-state index in [4.69, 9.17) is 9.47 Å². The third-order valence-electron chi connectivity index (χ3n) is 3.71. The first-order chi connectivity index (χ1) is 11.5. The maximum atomic E-state index is 12.1. The predicted octanol–water partition coefficient (Wildman–Crippen LogP) is 2.15. The predicted molar refractivity (Wildman–Crippen MR) is 94.1 cm³/mol. The molecule has 0 atom stereocenters. The summed E-state index contributed by atoms with van der Waals surface area (Å²) in [5.41, 5.74) is 0.892. The van der Waals surface area contributed by atoms with E-state index in [9.17, 15) is 9.59 Å². The number of thiazole rings is 1. The third-order valence-corrected chi connectivity index (χ3v) is 4.59. The van der Waals surface area contributed by atoms with Gasteiger partial charge in [0.15, 0.2) is 0 Å². The molecular weight excluding hydrogens is 328 g/mol. The molecule has 130 valence electrons. The smallest absolute Gasteiger partial charge is 0.307 e. The van der Waals surface area contributed by atoms with E-state index in [2.05, 4.69) is 0 Å². The van der Waals surface area contributed by atoms with E-state index in [0.29, 0.717) is 26.1 Å². The summed E-state index contributed by atoms with van der Waals surface area (Å²) in [6.45, 7) is 3.18. The Kier molecular flexibility index (Phi) is 6.43. The van der Waals surface area contributed by atoms with Gasteiger partial charge in [0.25, 0.3) is 0 Å². The van der Waals surface area contributed by atoms with Crippen LogP contribution in [-0.2, 0) is 11.3 Å². The van der Waals surface area contributed by atoms with Gasteiger partial charge in [-0.2, -0.15) is 0 Å². The fourth-order valence-corrected chi connectivity index (χ4v) is 2.93. The first kappa shape index (κ1) is 18.1. The molecule has 0 aliphatic carbocycles. The van der Waals surface area contributed by atoms with Crippen LogP contribution in [0.3, 0.4) is 0 Å². The average molecular weight is 350 g/mol. The highest BCUT2D eigenvalue weighted by molar-refractivity contribution is 7.07. The molecule has 7 heteroatoms. The fraction of sp³-hybridized carbons (Fsp3) is 0.412. The molecule has 0 aliphatic heterocycles. The van der Waals surface area contributed by atoms with Crippen LogP contribution in [0.5, 0.6) is 11.5 Å². The van der Waals surface area contributed by atoms with E-state index in [1.54, 1.807) is 29.0 Å². The van der Waals surface area contributed by atoms with Crippen LogP contribution >= 0.6 is 11.3 Å². The SMILES string of the molecule is COc1ccc(OCCN(C)C(=O)CCn2c(C)csc2=O)cc1. The van der Waals surface area contributed by atoms with E-state index in [1.165, 1.54) is 0 Å². The molecule has 0 N–H and O–H groups in total.